The topological polar surface area (TPSA) is 85.2 Å². The summed E-state index contributed by atoms with van der Waals surface area (Å²) in [5.74, 6) is -0.192. The van der Waals surface area contributed by atoms with Crippen molar-refractivity contribution in [1.82, 2.24) is 20.0 Å². The van der Waals surface area contributed by atoms with Crippen molar-refractivity contribution in [3.8, 4) is 6.07 Å². The van der Waals surface area contributed by atoms with E-state index in [4.69, 9.17) is 10.00 Å². The van der Waals surface area contributed by atoms with Crippen LogP contribution in [0.5, 0.6) is 0 Å². The molecule has 2 atom stereocenters. The van der Waals surface area contributed by atoms with Crippen molar-refractivity contribution in [2.45, 2.75) is 43.7 Å². The van der Waals surface area contributed by atoms with Crippen molar-refractivity contribution in [2.75, 3.05) is 39.9 Å². The number of hydrogen-bond donors (Lipinski definition) is 1. The number of H-pyrrole nitrogens is 1. The first-order chi connectivity index (χ1) is 16.8. The van der Waals surface area contributed by atoms with Crippen LogP contribution in [0.2, 0.25) is 0 Å². The lowest BCUT2D eigenvalue weighted by Gasteiger charge is -2.41. The summed E-state index contributed by atoms with van der Waals surface area (Å²) in [4.78, 5) is 17.0. The number of ether oxygens (including phenoxy) is 1. The van der Waals surface area contributed by atoms with Gasteiger partial charge in [0, 0.05) is 63.2 Å². The minimum atomic E-state index is -4.39. The van der Waals surface area contributed by atoms with E-state index < -0.39 is 11.7 Å². The maximum absolute atomic E-state index is 13.4. The maximum atomic E-state index is 13.4. The number of carbonyl (C=O) groups excluding carboxylic acids is 1. The molecule has 2 saturated heterocycles. The second kappa shape index (κ2) is 10.7. The third-order valence-corrected chi connectivity index (χ3v) is 7.02. The van der Waals surface area contributed by atoms with Gasteiger partial charge in [-0.2, -0.15) is 23.5 Å². The second-order valence-corrected chi connectivity index (χ2v) is 9.39. The Kier molecular flexibility index (Phi) is 7.65. The molecule has 2 fully saturated rings. The smallest absolute Gasteiger partial charge is 0.384 e. The average molecular weight is 490 g/mol. The number of likely N-dealkylation sites (tertiary alicyclic amines) is 2. The van der Waals surface area contributed by atoms with Crippen molar-refractivity contribution >= 4 is 6.03 Å². The number of halogens is 3. The fourth-order valence-electron chi connectivity index (χ4n) is 4.98. The largest absolute Gasteiger partial charge is 0.416 e. The lowest BCUT2D eigenvalue weighted by Crippen LogP contribution is -2.51. The molecule has 2 aromatic rings. The van der Waals surface area contributed by atoms with Crippen LogP contribution in [0.15, 0.2) is 30.3 Å². The van der Waals surface area contributed by atoms with E-state index in [0.717, 1.165) is 29.1 Å². The standard InChI is InChI=1S/C25H30F3N5O2/c1-35-11-8-22-13-23(31-30-22)20-12-19(18-2-4-21(5-3-18)25(26,27)28)15-33(16-20)24(34)32-9-6-17(14-29)7-10-32/h2-5,13,17,19-20H,6-12,15-16H2,1H3,(H,30,31). The number of nitrogens with zero attached hydrogens (tertiary/aromatic N) is 4. The minimum absolute atomic E-state index is 0.0253. The van der Waals surface area contributed by atoms with Crippen LogP contribution in [-0.4, -0.2) is 65.9 Å². The van der Waals surface area contributed by atoms with Crippen LogP contribution < -0.4 is 0 Å². The van der Waals surface area contributed by atoms with E-state index in [1.165, 1.54) is 12.1 Å². The Bertz CT molecular complexity index is 1040. The predicted octanol–water partition coefficient (Wildman–Crippen LogP) is 4.55. The van der Waals surface area contributed by atoms with Gasteiger partial charge >= 0.3 is 12.2 Å². The predicted molar refractivity (Wildman–Crippen MR) is 123 cm³/mol. The molecular weight excluding hydrogens is 459 g/mol. The Morgan fingerprint density at radius 2 is 1.86 bits per heavy atom. The average Bonchev–Trinajstić information content (AvgIpc) is 3.35. The van der Waals surface area contributed by atoms with Gasteiger partial charge in [0.2, 0.25) is 0 Å². The number of carbonyl (C=O) groups is 1. The molecule has 2 unspecified atom stereocenters. The minimum Gasteiger partial charge on any atom is -0.384 e. The maximum Gasteiger partial charge on any atom is 0.416 e. The molecule has 0 saturated carbocycles. The van der Waals surface area contributed by atoms with E-state index in [9.17, 15) is 18.0 Å². The molecule has 1 aromatic carbocycles. The quantitative estimate of drug-likeness (QED) is 0.668. The van der Waals surface area contributed by atoms with E-state index in [0.29, 0.717) is 58.5 Å². The monoisotopic (exact) mass is 489 g/mol. The summed E-state index contributed by atoms with van der Waals surface area (Å²) >= 11 is 0. The summed E-state index contributed by atoms with van der Waals surface area (Å²) in [6.45, 7) is 2.55. The van der Waals surface area contributed by atoms with Crippen LogP contribution in [0.4, 0.5) is 18.0 Å². The van der Waals surface area contributed by atoms with Gasteiger partial charge in [-0.15, -0.1) is 0 Å². The molecule has 1 aromatic heterocycles. The molecule has 3 heterocycles. The highest BCUT2D eigenvalue weighted by Gasteiger charge is 2.36. The van der Waals surface area contributed by atoms with Crippen LogP contribution in [0.1, 0.15) is 53.6 Å². The highest BCUT2D eigenvalue weighted by Crippen LogP contribution is 2.37. The number of rotatable bonds is 5. The zero-order chi connectivity index (χ0) is 25.0. The zero-order valence-corrected chi connectivity index (χ0v) is 19.7. The molecule has 4 rings (SSSR count). The number of aromatic amines is 1. The van der Waals surface area contributed by atoms with Gasteiger partial charge in [-0.05, 0) is 43.0 Å². The molecular formula is C25H30F3N5O2. The van der Waals surface area contributed by atoms with Crippen LogP contribution >= 0.6 is 0 Å². The van der Waals surface area contributed by atoms with Crippen LogP contribution in [0.3, 0.4) is 0 Å². The highest BCUT2D eigenvalue weighted by atomic mass is 19.4. The molecule has 0 radical (unpaired) electrons. The van der Waals surface area contributed by atoms with Crippen LogP contribution in [0, 0.1) is 17.2 Å². The van der Waals surface area contributed by atoms with E-state index in [1.54, 1.807) is 16.9 Å². The molecule has 7 nitrogen and oxygen atoms in total. The molecule has 0 spiro atoms. The Morgan fingerprint density at radius 3 is 2.49 bits per heavy atom. The molecule has 0 bridgehead atoms. The SMILES string of the molecule is COCCc1cc(C2CC(c3ccc(C(F)(F)F)cc3)CN(C(=O)N3CCC(C#N)CC3)C2)n[nH]1. The van der Waals surface area contributed by atoms with Gasteiger partial charge in [0.15, 0.2) is 0 Å². The van der Waals surface area contributed by atoms with E-state index in [1.807, 2.05) is 6.07 Å². The number of piperidine rings is 2. The van der Waals surface area contributed by atoms with Crippen LogP contribution in [0.25, 0.3) is 0 Å². The lowest BCUT2D eigenvalue weighted by molar-refractivity contribution is -0.137. The van der Waals surface area contributed by atoms with E-state index in [2.05, 4.69) is 16.3 Å². The number of nitrogens with one attached hydrogen (secondary N) is 1. The Hall–Kier alpha value is -3.06. The second-order valence-electron chi connectivity index (χ2n) is 9.39. The molecule has 35 heavy (non-hydrogen) atoms. The van der Waals surface area contributed by atoms with Crippen molar-refractivity contribution in [1.29, 1.82) is 5.26 Å². The van der Waals surface area contributed by atoms with E-state index in [-0.39, 0.29) is 23.8 Å². The number of benzene rings is 1. The van der Waals surface area contributed by atoms with Gasteiger partial charge in [-0.3, -0.25) is 5.10 Å². The number of aromatic nitrogens is 2. The Balaban J connectivity index is 1.55. The molecule has 10 heteroatoms. The summed E-state index contributed by atoms with van der Waals surface area (Å²) in [5.41, 5.74) is 1.87. The summed E-state index contributed by atoms with van der Waals surface area (Å²) in [7, 11) is 1.63. The van der Waals surface area contributed by atoms with Crippen molar-refractivity contribution < 1.29 is 22.7 Å². The fourth-order valence-corrected chi connectivity index (χ4v) is 4.98. The van der Waals surface area contributed by atoms with Gasteiger partial charge in [0.05, 0.1) is 23.9 Å². The normalized spacial score (nSPS) is 21.7. The number of urea groups is 1. The van der Waals surface area contributed by atoms with Gasteiger partial charge < -0.3 is 14.5 Å². The fraction of sp³-hybridized carbons (Fsp3) is 0.560. The van der Waals surface area contributed by atoms with Crippen molar-refractivity contribution in [3.05, 3.63) is 52.8 Å². The molecule has 2 aliphatic heterocycles. The number of hydrogen-bond acceptors (Lipinski definition) is 4. The first kappa shape index (κ1) is 25.0. The van der Waals surface area contributed by atoms with E-state index >= 15 is 0 Å². The molecule has 2 aliphatic rings. The van der Waals surface area contributed by atoms with Crippen LogP contribution in [-0.2, 0) is 17.3 Å². The molecule has 2 amide bonds. The number of methoxy groups -OCH3 is 1. The number of amides is 2. The molecule has 188 valence electrons. The van der Waals surface area contributed by atoms with Gasteiger partial charge in [-0.1, -0.05) is 12.1 Å². The summed E-state index contributed by atoms with van der Waals surface area (Å²) < 4.78 is 44.3. The molecule has 1 N–H and O–H groups in total. The zero-order valence-electron chi connectivity index (χ0n) is 19.7. The van der Waals surface area contributed by atoms with Crippen molar-refractivity contribution in [2.24, 2.45) is 5.92 Å². The van der Waals surface area contributed by atoms with Gasteiger partial charge in [0.25, 0.3) is 0 Å². The third-order valence-electron chi connectivity index (χ3n) is 7.02. The van der Waals surface area contributed by atoms with Crippen molar-refractivity contribution in [3.63, 3.8) is 0 Å². The first-order valence-electron chi connectivity index (χ1n) is 11.9. The highest BCUT2D eigenvalue weighted by molar-refractivity contribution is 5.75. The third kappa shape index (κ3) is 5.96. The Labute approximate surface area is 202 Å². The first-order valence-corrected chi connectivity index (χ1v) is 11.9. The van der Waals surface area contributed by atoms with Gasteiger partial charge in [-0.25, -0.2) is 4.79 Å². The summed E-state index contributed by atoms with van der Waals surface area (Å²) in [6.07, 6.45) is -1.71. The molecule has 0 aliphatic carbocycles. The number of nitriles is 1. The summed E-state index contributed by atoms with van der Waals surface area (Å²) in [5, 5.41) is 16.7. The van der Waals surface area contributed by atoms with Gasteiger partial charge in [0.1, 0.15) is 0 Å². The lowest BCUT2D eigenvalue weighted by atomic mass is 9.82. The Morgan fingerprint density at radius 1 is 1.17 bits per heavy atom. The summed E-state index contributed by atoms with van der Waals surface area (Å²) in [6, 6.07) is 9.43. The number of alkyl halides is 3.